The van der Waals surface area contributed by atoms with E-state index < -0.39 is 16.9 Å². The second kappa shape index (κ2) is 9.64. The normalized spacial score (nSPS) is 37.8. The number of carbonyl (C=O) groups excluding carboxylic acids is 1. The maximum absolute atomic E-state index is 13.4. The lowest BCUT2D eigenvalue weighted by atomic mass is 9.68. The number of ether oxygens (including phenoxy) is 1. The summed E-state index contributed by atoms with van der Waals surface area (Å²) < 4.78 is 21.6. The van der Waals surface area contributed by atoms with Crippen molar-refractivity contribution in [3.8, 4) is 6.07 Å². The van der Waals surface area contributed by atoms with Crippen LogP contribution in [0.15, 0.2) is 11.0 Å². The Morgan fingerprint density at radius 3 is 2.63 bits per heavy atom. The van der Waals surface area contributed by atoms with Gasteiger partial charge in [0.15, 0.2) is 0 Å². The maximum atomic E-state index is 13.4. The summed E-state index contributed by atoms with van der Waals surface area (Å²) in [5, 5.41) is 13.4. The summed E-state index contributed by atoms with van der Waals surface area (Å²) in [6, 6.07) is 3.10. The lowest BCUT2D eigenvalue weighted by Crippen LogP contribution is -2.61. The number of fused-ring (bicyclic) bond motifs is 1. The van der Waals surface area contributed by atoms with Crippen LogP contribution in [-0.4, -0.2) is 69.6 Å². The van der Waals surface area contributed by atoms with Crippen LogP contribution >= 0.6 is 0 Å². The number of piperidine rings is 2. The number of carbonyl (C=O) groups is 1. The van der Waals surface area contributed by atoms with E-state index in [-0.39, 0.29) is 18.1 Å². The van der Waals surface area contributed by atoms with Crippen molar-refractivity contribution < 1.29 is 14.1 Å². The molecule has 1 N–H and O–H groups in total. The number of rotatable bonds is 4. The molecule has 0 aromatic rings. The zero-order valence-electron chi connectivity index (χ0n) is 20.9. The zero-order valence-corrected chi connectivity index (χ0v) is 21.7. The Balaban J connectivity index is 1.02. The van der Waals surface area contributed by atoms with E-state index in [9.17, 15) is 14.6 Å². The number of hydrogen-bond donors (Lipinski definition) is 1. The first-order valence-electron chi connectivity index (χ1n) is 14.0. The molecule has 3 heterocycles. The second-order valence-corrected chi connectivity index (χ2v) is 13.6. The van der Waals surface area contributed by atoms with Crippen LogP contribution < -0.4 is 5.32 Å². The van der Waals surface area contributed by atoms with E-state index in [0.717, 1.165) is 67.2 Å². The summed E-state index contributed by atoms with van der Waals surface area (Å²) in [4.78, 5) is 15.3. The fraction of sp³-hybridized carbons (Fsp3) is 0.852. The molecular weight excluding hydrogens is 460 g/mol. The lowest BCUT2D eigenvalue weighted by molar-refractivity contribution is -0.173. The summed E-state index contributed by atoms with van der Waals surface area (Å²) in [6.07, 6.45) is 15.4. The Labute approximate surface area is 212 Å². The predicted octanol–water partition coefficient (Wildman–Crippen LogP) is 3.25. The fourth-order valence-corrected chi connectivity index (χ4v) is 8.93. The third-order valence-electron chi connectivity index (χ3n) is 10.1. The minimum absolute atomic E-state index is 0.0599. The van der Waals surface area contributed by atoms with Gasteiger partial charge < -0.3 is 19.5 Å². The average Bonchev–Trinajstić information content (AvgIpc) is 3.71. The van der Waals surface area contributed by atoms with Crippen LogP contribution in [0.4, 0.5) is 0 Å². The van der Waals surface area contributed by atoms with Crippen LogP contribution in [-0.2, 0) is 20.9 Å². The number of morpholine rings is 1. The van der Waals surface area contributed by atoms with Crippen LogP contribution in [0, 0.1) is 29.1 Å². The standard InChI is InChI=1S/C27H40N4O3S/c28-18-26(9-10-26)31-19-27(34-17-25(31)32)11-14-30(15-12-27)35(33)23-7-5-20(6-8-23)22-4-3-21-2-1-13-29-24(21)16-22/h7,20-22,24,29H,1-6,8-17,19H2. The molecule has 7 nitrogen and oxygen atoms in total. The van der Waals surface area contributed by atoms with E-state index in [1.165, 1.54) is 45.1 Å². The van der Waals surface area contributed by atoms with E-state index in [1.54, 1.807) is 4.90 Å². The van der Waals surface area contributed by atoms with Gasteiger partial charge in [-0.15, -0.1) is 4.31 Å². The molecule has 35 heavy (non-hydrogen) atoms. The van der Waals surface area contributed by atoms with Gasteiger partial charge >= 0.3 is 0 Å². The predicted molar refractivity (Wildman–Crippen MR) is 134 cm³/mol. The van der Waals surface area contributed by atoms with Crippen molar-refractivity contribution in [2.24, 2.45) is 17.8 Å². The van der Waals surface area contributed by atoms with Crippen molar-refractivity contribution >= 4 is 17.3 Å². The van der Waals surface area contributed by atoms with Crippen LogP contribution in [0.1, 0.15) is 77.0 Å². The topological polar surface area (TPSA) is 91.7 Å². The van der Waals surface area contributed by atoms with Gasteiger partial charge in [-0.2, -0.15) is 5.26 Å². The van der Waals surface area contributed by atoms with Gasteiger partial charge in [-0.1, -0.05) is 0 Å². The third-order valence-corrected chi connectivity index (χ3v) is 11.7. The number of nitrogens with one attached hydrogen (secondary N) is 1. The van der Waals surface area contributed by atoms with E-state index >= 15 is 0 Å². The number of amides is 1. The summed E-state index contributed by atoms with van der Waals surface area (Å²) in [6.45, 7) is 3.19. The van der Waals surface area contributed by atoms with Gasteiger partial charge in [0.05, 0.1) is 29.6 Å². The molecule has 8 heteroatoms. The molecule has 3 aliphatic carbocycles. The largest absolute Gasteiger partial charge is 0.593 e. The Morgan fingerprint density at radius 1 is 1.11 bits per heavy atom. The molecule has 3 saturated heterocycles. The van der Waals surface area contributed by atoms with E-state index in [2.05, 4.69) is 21.8 Å². The highest BCUT2D eigenvalue weighted by atomic mass is 32.2. The lowest BCUT2D eigenvalue weighted by Gasteiger charge is -2.47. The van der Waals surface area contributed by atoms with Crippen LogP contribution in [0.2, 0.25) is 0 Å². The molecule has 0 bridgehead atoms. The molecule has 6 rings (SSSR count). The molecule has 0 aromatic carbocycles. The van der Waals surface area contributed by atoms with E-state index in [0.29, 0.717) is 19.6 Å². The van der Waals surface area contributed by atoms with Crippen molar-refractivity contribution in [1.29, 1.82) is 5.26 Å². The fourth-order valence-electron chi connectivity index (χ4n) is 7.55. The molecule has 192 valence electrons. The molecular formula is C27H40N4O3S. The highest BCUT2D eigenvalue weighted by molar-refractivity contribution is 7.93. The Hall–Kier alpha value is -1.11. The monoisotopic (exact) mass is 500 g/mol. The highest BCUT2D eigenvalue weighted by Crippen LogP contribution is 2.46. The SMILES string of the molecule is N#CC1(N2CC3(CCN([S+]([O-])C4=CCC(C5CCC6CCCNC6C5)CC4)CC3)OCC2=O)CC1. The molecule has 5 unspecified atom stereocenters. The van der Waals surface area contributed by atoms with Gasteiger partial charge in [0.25, 0.3) is 0 Å². The third kappa shape index (κ3) is 4.68. The van der Waals surface area contributed by atoms with Crippen LogP contribution in [0.25, 0.3) is 0 Å². The summed E-state index contributed by atoms with van der Waals surface area (Å²) in [5.41, 5.74) is -0.983. The summed E-state index contributed by atoms with van der Waals surface area (Å²) in [7, 11) is 0. The zero-order chi connectivity index (χ0) is 24.0. The van der Waals surface area contributed by atoms with Crippen LogP contribution in [0.5, 0.6) is 0 Å². The highest BCUT2D eigenvalue weighted by Gasteiger charge is 2.56. The van der Waals surface area contributed by atoms with Gasteiger partial charge in [0.2, 0.25) is 5.91 Å². The van der Waals surface area contributed by atoms with Crippen molar-refractivity contribution in [3.05, 3.63) is 11.0 Å². The molecule has 1 amide bonds. The number of hydrogen-bond acceptors (Lipinski definition) is 6. The van der Waals surface area contributed by atoms with Crippen molar-refractivity contribution in [3.63, 3.8) is 0 Å². The first-order valence-corrected chi connectivity index (χ1v) is 15.1. The average molecular weight is 501 g/mol. The summed E-state index contributed by atoms with van der Waals surface area (Å²) in [5.74, 6) is 2.41. The first kappa shape index (κ1) is 24.2. The Kier molecular flexibility index (Phi) is 6.68. The number of nitrogens with zero attached hydrogens (tertiary/aromatic N) is 3. The van der Waals surface area contributed by atoms with Gasteiger partial charge in [0, 0.05) is 25.6 Å². The molecule has 1 spiro atoms. The quantitative estimate of drug-likeness (QED) is 0.596. The Bertz CT molecular complexity index is 891. The Morgan fingerprint density at radius 2 is 1.91 bits per heavy atom. The van der Waals surface area contributed by atoms with Gasteiger partial charge in [-0.3, -0.25) is 4.79 Å². The summed E-state index contributed by atoms with van der Waals surface area (Å²) >= 11 is -1.07. The van der Waals surface area contributed by atoms with E-state index in [1.807, 2.05) is 0 Å². The maximum Gasteiger partial charge on any atom is 0.249 e. The molecule has 5 fully saturated rings. The minimum atomic E-state index is -1.07. The number of allylic oxidation sites excluding steroid dienone is 2. The van der Waals surface area contributed by atoms with Crippen LogP contribution in [0.3, 0.4) is 0 Å². The molecule has 3 aliphatic heterocycles. The molecule has 0 aromatic heterocycles. The van der Waals surface area contributed by atoms with Gasteiger partial charge in [-0.05, 0) is 101 Å². The molecule has 6 aliphatic rings. The van der Waals surface area contributed by atoms with E-state index in [4.69, 9.17) is 4.74 Å². The van der Waals surface area contributed by atoms with Crippen molar-refractivity contribution in [2.45, 2.75) is 94.2 Å². The molecule has 5 atom stereocenters. The van der Waals surface area contributed by atoms with Gasteiger partial charge in [0.1, 0.15) is 17.1 Å². The number of nitriles is 1. The van der Waals surface area contributed by atoms with Crippen molar-refractivity contribution in [2.75, 3.05) is 32.8 Å². The minimum Gasteiger partial charge on any atom is -0.593 e. The smallest absolute Gasteiger partial charge is 0.249 e. The van der Waals surface area contributed by atoms with Crippen molar-refractivity contribution in [1.82, 2.24) is 14.5 Å². The molecule has 0 radical (unpaired) electrons. The second-order valence-electron chi connectivity index (χ2n) is 12.0. The molecule has 2 saturated carbocycles. The van der Waals surface area contributed by atoms with Gasteiger partial charge in [-0.25, -0.2) is 0 Å². The first-order chi connectivity index (χ1) is 17.0.